The molecule has 1 aromatic heterocycles. The molecule has 1 N–H and O–H groups in total. The largest absolute Gasteiger partial charge is 0.401 e. The van der Waals surface area contributed by atoms with Crippen LogP contribution in [0.2, 0.25) is 0 Å². The van der Waals surface area contributed by atoms with Gasteiger partial charge in [-0.3, -0.25) is 14.8 Å². The van der Waals surface area contributed by atoms with E-state index in [9.17, 15) is 13.2 Å². The molecule has 0 amide bonds. The molecule has 1 aromatic rings. The van der Waals surface area contributed by atoms with Gasteiger partial charge >= 0.3 is 6.18 Å². The minimum Gasteiger partial charge on any atom is -0.364 e. The molecule has 3 rings (SSSR count). The summed E-state index contributed by atoms with van der Waals surface area (Å²) in [5, 5.41) is 7.28. The maximum Gasteiger partial charge on any atom is 0.401 e. The summed E-state index contributed by atoms with van der Waals surface area (Å²) >= 11 is 0. The fourth-order valence-electron chi connectivity index (χ4n) is 3.77. The maximum absolute atomic E-state index is 12.5. The van der Waals surface area contributed by atoms with Gasteiger partial charge in [-0.15, -0.1) is 0 Å². The van der Waals surface area contributed by atoms with E-state index in [0.717, 1.165) is 57.3 Å². The first-order valence-electron chi connectivity index (χ1n) is 9.87. The lowest BCUT2D eigenvalue weighted by Crippen LogP contribution is -2.52. The Morgan fingerprint density at radius 3 is 2.68 bits per heavy atom. The minimum absolute atomic E-state index is 0.185. The van der Waals surface area contributed by atoms with Crippen LogP contribution >= 0.6 is 0 Å². The second-order valence-corrected chi connectivity index (χ2v) is 7.45. The zero-order valence-electron chi connectivity index (χ0n) is 16.3. The predicted molar refractivity (Wildman–Crippen MR) is 99.9 cm³/mol. The third-order valence-electron chi connectivity index (χ3n) is 5.16. The monoisotopic (exact) mass is 402 g/mol. The molecule has 10 heteroatoms. The van der Waals surface area contributed by atoms with Crippen molar-refractivity contribution in [2.24, 2.45) is 10.9 Å². The fourth-order valence-corrected chi connectivity index (χ4v) is 3.77. The Morgan fingerprint density at radius 1 is 1.25 bits per heavy atom. The molecular formula is C18H29F3N6O. The number of halogens is 3. The number of nitrogens with one attached hydrogen (secondary N) is 1. The molecule has 0 aliphatic carbocycles. The molecule has 3 heterocycles. The van der Waals surface area contributed by atoms with E-state index in [0.29, 0.717) is 19.6 Å². The van der Waals surface area contributed by atoms with Gasteiger partial charge in [-0.2, -0.15) is 13.2 Å². The van der Waals surface area contributed by atoms with Gasteiger partial charge in [0.05, 0.1) is 12.2 Å². The zero-order chi connectivity index (χ0) is 20.0. The van der Waals surface area contributed by atoms with Crippen LogP contribution < -0.4 is 5.32 Å². The first kappa shape index (κ1) is 20.9. The second kappa shape index (κ2) is 9.60. The highest BCUT2D eigenvalue weighted by atomic mass is 19.4. The lowest BCUT2D eigenvalue weighted by molar-refractivity contribution is -0.143. The highest BCUT2D eigenvalue weighted by molar-refractivity contribution is 5.80. The van der Waals surface area contributed by atoms with Gasteiger partial charge in [0.1, 0.15) is 6.26 Å². The molecule has 0 radical (unpaired) electrons. The van der Waals surface area contributed by atoms with Crippen LogP contribution in [0.1, 0.15) is 19.0 Å². The average Bonchev–Trinajstić information content (AvgIpc) is 3.30. The van der Waals surface area contributed by atoms with E-state index < -0.39 is 12.7 Å². The maximum atomic E-state index is 12.5. The standard InChI is InChI=1S/C18H29F3N6O/c1-2-22-17(23-11-15-3-5-26(12-15)14-18(19,20)21)27-8-6-25(7-9-27)13-16-4-10-28-24-16/h4,10,15H,2-3,5-9,11-14H2,1H3,(H,22,23). The van der Waals surface area contributed by atoms with Gasteiger partial charge in [0.25, 0.3) is 0 Å². The van der Waals surface area contributed by atoms with Crippen LogP contribution in [0, 0.1) is 5.92 Å². The number of nitrogens with zero attached hydrogens (tertiary/aromatic N) is 5. The number of hydrogen-bond acceptors (Lipinski definition) is 5. The van der Waals surface area contributed by atoms with Gasteiger partial charge < -0.3 is 14.7 Å². The Hall–Kier alpha value is -1.81. The van der Waals surface area contributed by atoms with E-state index in [1.807, 2.05) is 13.0 Å². The van der Waals surface area contributed by atoms with Crippen molar-refractivity contribution in [2.45, 2.75) is 26.1 Å². The third kappa shape index (κ3) is 6.37. The first-order valence-corrected chi connectivity index (χ1v) is 9.87. The van der Waals surface area contributed by atoms with E-state index in [1.165, 1.54) is 4.90 Å². The molecule has 2 saturated heterocycles. The molecular weight excluding hydrogens is 373 g/mol. The van der Waals surface area contributed by atoms with Crippen LogP contribution in [-0.2, 0) is 6.54 Å². The summed E-state index contributed by atoms with van der Waals surface area (Å²) in [6.45, 7) is 7.79. The van der Waals surface area contributed by atoms with Gasteiger partial charge in [0.15, 0.2) is 5.96 Å². The molecule has 7 nitrogen and oxygen atoms in total. The van der Waals surface area contributed by atoms with Gasteiger partial charge in [0.2, 0.25) is 0 Å². The van der Waals surface area contributed by atoms with E-state index in [-0.39, 0.29) is 5.92 Å². The van der Waals surface area contributed by atoms with Crippen molar-refractivity contribution in [3.05, 3.63) is 18.0 Å². The van der Waals surface area contributed by atoms with Crippen LogP contribution in [0.5, 0.6) is 0 Å². The van der Waals surface area contributed by atoms with Gasteiger partial charge in [-0.1, -0.05) is 5.16 Å². The van der Waals surface area contributed by atoms with E-state index in [1.54, 1.807) is 6.26 Å². The molecule has 28 heavy (non-hydrogen) atoms. The van der Waals surface area contributed by atoms with E-state index in [2.05, 4.69) is 20.3 Å². The predicted octanol–water partition coefficient (Wildman–Crippen LogP) is 1.64. The van der Waals surface area contributed by atoms with Crippen LogP contribution in [-0.4, -0.2) is 90.9 Å². The minimum atomic E-state index is -4.13. The lowest BCUT2D eigenvalue weighted by Gasteiger charge is -2.36. The van der Waals surface area contributed by atoms with E-state index in [4.69, 9.17) is 9.52 Å². The fraction of sp³-hybridized carbons (Fsp3) is 0.778. The van der Waals surface area contributed by atoms with Gasteiger partial charge in [0, 0.05) is 58.4 Å². The molecule has 2 fully saturated rings. The smallest absolute Gasteiger partial charge is 0.364 e. The summed E-state index contributed by atoms with van der Waals surface area (Å²) < 4.78 is 42.5. The Bertz CT molecular complexity index is 613. The van der Waals surface area contributed by atoms with Crippen LogP contribution in [0.15, 0.2) is 21.8 Å². The molecule has 1 unspecified atom stereocenters. The average molecular weight is 402 g/mol. The molecule has 2 aliphatic rings. The molecule has 0 saturated carbocycles. The highest BCUT2D eigenvalue weighted by Gasteiger charge is 2.34. The van der Waals surface area contributed by atoms with Crippen molar-refractivity contribution >= 4 is 5.96 Å². The van der Waals surface area contributed by atoms with Crippen LogP contribution in [0.25, 0.3) is 0 Å². The van der Waals surface area contributed by atoms with Gasteiger partial charge in [-0.25, -0.2) is 0 Å². The molecule has 0 aromatic carbocycles. The number of aliphatic imine (C=N–C) groups is 1. The molecule has 1 atom stereocenters. The normalized spacial score (nSPS) is 22.8. The Balaban J connectivity index is 1.47. The zero-order valence-corrected chi connectivity index (χ0v) is 16.3. The quantitative estimate of drug-likeness (QED) is 0.577. The molecule has 0 bridgehead atoms. The number of aromatic nitrogens is 1. The van der Waals surface area contributed by atoms with Crippen molar-refractivity contribution < 1.29 is 17.7 Å². The number of likely N-dealkylation sites (tertiary alicyclic amines) is 1. The summed E-state index contributed by atoms with van der Waals surface area (Å²) in [6.07, 6.45) is -1.77. The van der Waals surface area contributed by atoms with Crippen molar-refractivity contribution in [1.29, 1.82) is 0 Å². The Kier molecular flexibility index (Phi) is 7.17. The molecule has 2 aliphatic heterocycles. The van der Waals surface area contributed by atoms with Crippen LogP contribution in [0.4, 0.5) is 13.2 Å². The SMILES string of the molecule is CCNC(=NCC1CCN(CC(F)(F)F)C1)N1CCN(Cc2ccon2)CC1. The summed E-state index contributed by atoms with van der Waals surface area (Å²) in [5.74, 6) is 1.04. The Labute approximate surface area is 163 Å². The summed E-state index contributed by atoms with van der Waals surface area (Å²) in [6, 6.07) is 1.88. The number of alkyl halides is 3. The van der Waals surface area contributed by atoms with Gasteiger partial charge in [-0.05, 0) is 25.8 Å². The summed E-state index contributed by atoms with van der Waals surface area (Å²) in [5.41, 5.74) is 0.929. The number of hydrogen-bond donors (Lipinski definition) is 1. The number of rotatable bonds is 6. The lowest BCUT2D eigenvalue weighted by atomic mass is 10.1. The Morgan fingerprint density at radius 2 is 2.04 bits per heavy atom. The molecule has 158 valence electrons. The first-order chi connectivity index (χ1) is 13.4. The number of guanidine groups is 1. The van der Waals surface area contributed by atoms with Crippen LogP contribution in [0.3, 0.4) is 0 Å². The summed E-state index contributed by atoms with van der Waals surface area (Å²) in [4.78, 5) is 10.8. The third-order valence-corrected chi connectivity index (χ3v) is 5.16. The second-order valence-electron chi connectivity index (χ2n) is 7.45. The highest BCUT2D eigenvalue weighted by Crippen LogP contribution is 2.23. The van der Waals surface area contributed by atoms with Crippen molar-refractivity contribution in [3.8, 4) is 0 Å². The molecule has 0 spiro atoms. The van der Waals surface area contributed by atoms with Crippen molar-refractivity contribution in [1.82, 2.24) is 25.2 Å². The van der Waals surface area contributed by atoms with Crippen molar-refractivity contribution in [2.75, 3.05) is 58.9 Å². The summed E-state index contributed by atoms with van der Waals surface area (Å²) in [7, 11) is 0. The number of piperazine rings is 1. The topological polar surface area (TPSA) is 60.1 Å². The van der Waals surface area contributed by atoms with Crippen molar-refractivity contribution in [3.63, 3.8) is 0 Å². The van der Waals surface area contributed by atoms with E-state index >= 15 is 0 Å².